The molecule has 0 amide bonds. The van der Waals surface area contributed by atoms with Crippen LogP contribution in [-0.4, -0.2) is 52.0 Å². The molecule has 0 N–H and O–H groups in total. The van der Waals surface area contributed by atoms with Gasteiger partial charge in [-0.15, -0.1) is 0 Å². The van der Waals surface area contributed by atoms with Crippen molar-refractivity contribution in [3.8, 4) is 0 Å². The molecule has 0 saturated heterocycles. The van der Waals surface area contributed by atoms with E-state index in [9.17, 15) is 0 Å². The number of likely N-dealkylation sites (N-methyl/N-ethyl adjacent to an activating group) is 1. The van der Waals surface area contributed by atoms with Gasteiger partial charge in [-0.25, -0.2) is 4.98 Å². The monoisotopic (exact) mass is 389 g/mol. The fraction of sp³-hybridized carbons (Fsp3) is 0.417. The molecule has 4 rings (SSSR count). The lowest BCUT2D eigenvalue weighted by molar-refractivity contribution is 0.202. The summed E-state index contributed by atoms with van der Waals surface area (Å²) < 4.78 is 2.33. The van der Waals surface area contributed by atoms with E-state index in [1.54, 1.807) is 0 Å². The first-order chi connectivity index (χ1) is 14.0. The molecule has 152 valence electrons. The van der Waals surface area contributed by atoms with E-state index in [1.165, 1.54) is 28.8 Å². The van der Waals surface area contributed by atoms with Crippen LogP contribution in [0.3, 0.4) is 0 Å². The van der Waals surface area contributed by atoms with Crippen molar-refractivity contribution in [2.45, 2.75) is 38.4 Å². The number of aromatic nitrogens is 3. The lowest BCUT2D eigenvalue weighted by atomic mass is 9.91. The summed E-state index contributed by atoms with van der Waals surface area (Å²) in [5, 5.41) is 0. The Morgan fingerprint density at radius 3 is 2.83 bits per heavy atom. The zero-order valence-corrected chi connectivity index (χ0v) is 17.8. The van der Waals surface area contributed by atoms with Crippen LogP contribution < -0.4 is 0 Å². The number of nitrogens with zero attached hydrogens (tertiary/aromatic N) is 5. The number of aryl methyl sites for hydroxylation is 1. The van der Waals surface area contributed by atoms with Crippen LogP contribution in [0.25, 0.3) is 11.0 Å². The predicted octanol–water partition coefficient (Wildman–Crippen LogP) is 4.06. The number of imidazole rings is 1. The minimum Gasteiger partial charge on any atom is -0.323 e. The van der Waals surface area contributed by atoms with Crippen molar-refractivity contribution in [3.63, 3.8) is 0 Å². The van der Waals surface area contributed by atoms with E-state index in [4.69, 9.17) is 9.97 Å². The summed E-state index contributed by atoms with van der Waals surface area (Å²) in [5.41, 5.74) is 6.05. The molecule has 5 nitrogen and oxygen atoms in total. The number of benzene rings is 1. The smallest absolute Gasteiger partial charge is 0.124 e. The Morgan fingerprint density at radius 1 is 1.17 bits per heavy atom. The maximum Gasteiger partial charge on any atom is 0.124 e. The summed E-state index contributed by atoms with van der Waals surface area (Å²) in [6.45, 7) is 6.77. The van der Waals surface area contributed by atoms with Crippen molar-refractivity contribution in [2.75, 3.05) is 27.7 Å². The lowest BCUT2D eigenvalue weighted by Crippen LogP contribution is -2.29. The Hall–Kier alpha value is -2.50. The first-order valence-electron chi connectivity index (χ1n) is 10.4. The molecule has 29 heavy (non-hydrogen) atoms. The van der Waals surface area contributed by atoms with E-state index in [-0.39, 0.29) is 0 Å². The van der Waals surface area contributed by atoms with Crippen molar-refractivity contribution in [3.05, 3.63) is 71.8 Å². The molecule has 1 aliphatic carbocycles. The Kier molecular flexibility index (Phi) is 5.79. The minimum absolute atomic E-state index is 0.346. The van der Waals surface area contributed by atoms with E-state index in [1.807, 2.05) is 6.20 Å². The largest absolute Gasteiger partial charge is 0.323 e. The van der Waals surface area contributed by atoms with Crippen LogP contribution in [0.1, 0.15) is 36.0 Å². The zero-order chi connectivity index (χ0) is 20.4. The van der Waals surface area contributed by atoms with Crippen LogP contribution in [0, 0.1) is 0 Å². The molecule has 0 fully saturated rings. The Labute approximate surface area is 173 Å². The fourth-order valence-electron chi connectivity index (χ4n) is 4.49. The fourth-order valence-corrected chi connectivity index (χ4v) is 4.49. The summed E-state index contributed by atoms with van der Waals surface area (Å²) in [6.07, 6.45) is 5.42. The SMILES string of the molecule is C=C(CN(C)C)Cn1c(CN(C)C2CCCc3cccnc32)nc2ccccc21. The summed E-state index contributed by atoms with van der Waals surface area (Å²) in [5.74, 6) is 1.09. The van der Waals surface area contributed by atoms with Crippen molar-refractivity contribution in [2.24, 2.45) is 0 Å². The molecule has 2 aromatic heterocycles. The van der Waals surface area contributed by atoms with E-state index >= 15 is 0 Å². The maximum atomic E-state index is 4.98. The van der Waals surface area contributed by atoms with Gasteiger partial charge in [0, 0.05) is 19.3 Å². The van der Waals surface area contributed by atoms with Gasteiger partial charge in [0.1, 0.15) is 5.82 Å². The second-order valence-corrected chi connectivity index (χ2v) is 8.46. The van der Waals surface area contributed by atoms with Gasteiger partial charge in [-0.05, 0) is 69.7 Å². The topological polar surface area (TPSA) is 37.2 Å². The molecule has 0 bridgehead atoms. The molecule has 2 heterocycles. The molecule has 1 atom stereocenters. The van der Waals surface area contributed by atoms with Gasteiger partial charge in [-0.2, -0.15) is 0 Å². The Bertz CT molecular complexity index is 1000. The standard InChI is InChI=1S/C24H31N5/c1-18(15-27(2)3)16-29-21-12-6-5-11-20(21)26-23(29)17-28(4)22-13-7-9-19-10-8-14-25-24(19)22/h5-6,8,10-12,14,22H,1,7,9,13,15-17H2,2-4H3. The summed E-state index contributed by atoms with van der Waals surface area (Å²) in [6, 6.07) is 13.0. The first-order valence-corrected chi connectivity index (χ1v) is 10.4. The van der Waals surface area contributed by atoms with Gasteiger partial charge in [0.05, 0.1) is 29.3 Å². The molecule has 1 aliphatic rings. The third kappa shape index (κ3) is 4.26. The molecule has 5 heteroatoms. The highest BCUT2D eigenvalue weighted by Crippen LogP contribution is 2.33. The number of para-hydroxylation sites is 2. The molecule has 0 spiro atoms. The number of rotatable bonds is 7. The number of fused-ring (bicyclic) bond motifs is 2. The Balaban J connectivity index is 1.62. The van der Waals surface area contributed by atoms with Gasteiger partial charge in [0.2, 0.25) is 0 Å². The molecule has 1 aromatic carbocycles. The minimum atomic E-state index is 0.346. The van der Waals surface area contributed by atoms with Gasteiger partial charge in [-0.1, -0.05) is 24.8 Å². The highest BCUT2D eigenvalue weighted by atomic mass is 15.2. The van der Waals surface area contributed by atoms with E-state index < -0.39 is 0 Å². The van der Waals surface area contributed by atoms with Crippen LogP contribution in [0.15, 0.2) is 54.7 Å². The van der Waals surface area contributed by atoms with Crippen LogP contribution in [0.2, 0.25) is 0 Å². The van der Waals surface area contributed by atoms with Gasteiger partial charge in [0.15, 0.2) is 0 Å². The Morgan fingerprint density at radius 2 is 2.00 bits per heavy atom. The summed E-state index contributed by atoms with van der Waals surface area (Å²) >= 11 is 0. The van der Waals surface area contributed by atoms with Gasteiger partial charge >= 0.3 is 0 Å². The average molecular weight is 390 g/mol. The van der Waals surface area contributed by atoms with Crippen molar-refractivity contribution < 1.29 is 0 Å². The molecule has 0 aliphatic heterocycles. The highest BCUT2D eigenvalue weighted by Gasteiger charge is 2.26. The third-order valence-electron chi connectivity index (χ3n) is 5.74. The molecule has 0 radical (unpaired) electrons. The molecule has 3 aromatic rings. The number of hydrogen-bond acceptors (Lipinski definition) is 4. The molecular weight excluding hydrogens is 358 g/mol. The molecule has 1 unspecified atom stereocenters. The summed E-state index contributed by atoms with van der Waals surface area (Å²) in [4.78, 5) is 14.3. The number of pyridine rings is 1. The van der Waals surface area contributed by atoms with E-state index in [0.717, 1.165) is 43.8 Å². The maximum absolute atomic E-state index is 4.98. The second-order valence-electron chi connectivity index (χ2n) is 8.46. The van der Waals surface area contributed by atoms with Crippen LogP contribution in [0.4, 0.5) is 0 Å². The second kappa shape index (κ2) is 8.47. The quantitative estimate of drug-likeness (QED) is 0.571. The van der Waals surface area contributed by atoms with Crippen LogP contribution in [-0.2, 0) is 19.5 Å². The first kappa shape index (κ1) is 19.8. The van der Waals surface area contributed by atoms with Gasteiger partial charge < -0.3 is 9.47 Å². The van der Waals surface area contributed by atoms with E-state index in [0.29, 0.717) is 6.04 Å². The van der Waals surface area contributed by atoms with Crippen molar-refractivity contribution in [1.29, 1.82) is 0 Å². The van der Waals surface area contributed by atoms with Crippen LogP contribution in [0.5, 0.6) is 0 Å². The van der Waals surface area contributed by atoms with E-state index in [2.05, 4.69) is 78.5 Å². The lowest BCUT2D eigenvalue weighted by Gasteiger charge is -2.32. The van der Waals surface area contributed by atoms with Gasteiger partial charge in [-0.3, -0.25) is 9.88 Å². The normalized spacial score (nSPS) is 16.5. The molecular formula is C24H31N5. The summed E-state index contributed by atoms with van der Waals surface area (Å²) in [7, 11) is 6.37. The highest BCUT2D eigenvalue weighted by molar-refractivity contribution is 5.76. The van der Waals surface area contributed by atoms with Crippen molar-refractivity contribution in [1.82, 2.24) is 24.3 Å². The van der Waals surface area contributed by atoms with Gasteiger partial charge in [0.25, 0.3) is 0 Å². The van der Waals surface area contributed by atoms with Crippen molar-refractivity contribution >= 4 is 11.0 Å². The van der Waals surface area contributed by atoms with Crippen LogP contribution >= 0.6 is 0 Å². The average Bonchev–Trinajstić information content (AvgIpc) is 3.04. The third-order valence-corrected chi connectivity index (χ3v) is 5.74. The molecule has 0 saturated carbocycles. The zero-order valence-electron chi connectivity index (χ0n) is 17.8. The number of hydrogen-bond donors (Lipinski definition) is 0. The predicted molar refractivity (Wildman–Crippen MR) is 119 cm³/mol.